The number of amides is 1. The van der Waals surface area contributed by atoms with Crippen molar-refractivity contribution in [3.05, 3.63) is 59.7 Å². The lowest BCUT2D eigenvalue weighted by molar-refractivity contribution is 0.0334. The summed E-state index contributed by atoms with van der Waals surface area (Å²) in [5, 5.41) is 3.81. The fraction of sp³-hybridized carbons (Fsp3) is 0.409. The molecule has 0 saturated heterocycles. The Morgan fingerprint density at radius 3 is 2.22 bits per heavy atom. The Balaban J connectivity index is 1.92. The molecular weight excluding hydrogens is 406 g/mol. The van der Waals surface area contributed by atoms with Crippen molar-refractivity contribution in [1.82, 2.24) is 5.32 Å². The zero-order chi connectivity index (χ0) is 19.1. The van der Waals surface area contributed by atoms with Gasteiger partial charge >= 0.3 is 6.09 Å². The van der Waals surface area contributed by atoms with Crippen LogP contribution in [0, 0.1) is 0 Å². The molecule has 4 nitrogen and oxygen atoms in total. The third-order valence-corrected chi connectivity index (χ3v) is 5.55. The minimum absolute atomic E-state index is 0.378. The Bertz CT molecular complexity index is 732. The average molecular weight is 432 g/mol. The Morgan fingerprint density at radius 2 is 1.63 bits per heavy atom. The van der Waals surface area contributed by atoms with Gasteiger partial charge in [-0.15, -0.1) is 0 Å². The molecule has 0 atom stereocenters. The van der Waals surface area contributed by atoms with Crippen molar-refractivity contribution in [3.63, 3.8) is 0 Å². The van der Waals surface area contributed by atoms with E-state index in [0.29, 0.717) is 13.2 Å². The zero-order valence-electron chi connectivity index (χ0n) is 15.7. The number of alkyl carbamates (subject to hydrolysis) is 1. The van der Waals surface area contributed by atoms with Gasteiger partial charge < -0.3 is 14.8 Å². The summed E-state index contributed by atoms with van der Waals surface area (Å²) in [5.74, 6) is 0. The lowest BCUT2D eigenvalue weighted by Crippen LogP contribution is -2.37. The predicted molar refractivity (Wildman–Crippen MR) is 111 cm³/mol. The summed E-state index contributed by atoms with van der Waals surface area (Å²) in [7, 11) is 1.66. The first-order valence-corrected chi connectivity index (χ1v) is 10.6. The van der Waals surface area contributed by atoms with E-state index in [1.54, 1.807) is 7.11 Å². The molecule has 0 unspecified atom stereocenters. The van der Waals surface area contributed by atoms with E-state index in [1.165, 1.54) is 0 Å². The molecule has 3 rings (SSSR count). The van der Waals surface area contributed by atoms with E-state index in [-0.39, 0.29) is 6.09 Å². The van der Waals surface area contributed by atoms with E-state index in [1.807, 2.05) is 24.3 Å². The first-order valence-electron chi connectivity index (χ1n) is 9.44. The molecule has 0 aliphatic heterocycles. The van der Waals surface area contributed by atoms with E-state index in [2.05, 4.69) is 45.5 Å². The number of rotatable bonds is 9. The van der Waals surface area contributed by atoms with Crippen molar-refractivity contribution in [2.75, 3.05) is 25.6 Å². The molecule has 1 N–H and O–H groups in total. The van der Waals surface area contributed by atoms with Crippen molar-refractivity contribution < 1.29 is 14.3 Å². The van der Waals surface area contributed by atoms with Crippen LogP contribution in [0.1, 0.15) is 36.8 Å². The summed E-state index contributed by atoms with van der Waals surface area (Å²) in [6.07, 6.45) is 3.14. The molecule has 144 valence electrons. The van der Waals surface area contributed by atoms with Crippen LogP contribution in [-0.2, 0) is 15.1 Å². The van der Waals surface area contributed by atoms with Crippen LogP contribution in [0.4, 0.5) is 4.79 Å². The van der Waals surface area contributed by atoms with Gasteiger partial charge in [0.25, 0.3) is 0 Å². The van der Waals surface area contributed by atoms with Gasteiger partial charge in [-0.1, -0.05) is 64.5 Å². The molecule has 0 bridgehead atoms. The molecule has 0 spiro atoms. The zero-order valence-corrected chi connectivity index (χ0v) is 17.3. The Morgan fingerprint density at radius 1 is 1.00 bits per heavy atom. The minimum atomic E-state index is -0.735. The second-order valence-corrected chi connectivity index (χ2v) is 7.52. The van der Waals surface area contributed by atoms with Gasteiger partial charge in [0.05, 0.1) is 0 Å². The molecule has 2 aromatic carbocycles. The predicted octanol–water partition coefficient (Wildman–Crippen LogP) is 5.24. The SMILES string of the molecule is COCCCNC(=O)OC1(CCCCBr)c2ccccc2-c2ccccc21. The molecule has 0 heterocycles. The molecule has 1 aliphatic rings. The molecule has 0 radical (unpaired) electrons. The van der Waals surface area contributed by atoms with Crippen LogP contribution in [0.2, 0.25) is 0 Å². The molecule has 0 fully saturated rings. The summed E-state index contributed by atoms with van der Waals surface area (Å²) in [5.41, 5.74) is 3.72. The maximum Gasteiger partial charge on any atom is 0.408 e. The molecule has 0 saturated carbocycles. The number of methoxy groups -OCH3 is 1. The number of benzene rings is 2. The maximum atomic E-state index is 12.6. The third-order valence-electron chi connectivity index (χ3n) is 4.99. The number of halogens is 1. The number of ether oxygens (including phenoxy) is 2. The van der Waals surface area contributed by atoms with E-state index in [9.17, 15) is 4.79 Å². The number of fused-ring (bicyclic) bond motifs is 3. The van der Waals surface area contributed by atoms with Gasteiger partial charge in [0, 0.05) is 36.7 Å². The smallest absolute Gasteiger partial charge is 0.408 e. The molecule has 1 aliphatic carbocycles. The topological polar surface area (TPSA) is 47.6 Å². The van der Waals surface area contributed by atoms with Gasteiger partial charge in [0.2, 0.25) is 0 Å². The minimum Gasteiger partial charge on any atom is -0.433 e. The van der Waals surface area contributed by atoms with Crippen molar-refractivity contribution in [1.29, 1.82) is 0 Å². The standard InChI is InChI=1S/C22H26BrNO3/c1-26-16-8-15-24-21(25)27-22(13-6-7-14-23)19-11-4-2-9-17(19)18-10-3-5-12-20(18)22/h2-5,9-12H,6-8,13-16H2,1H3,(H,24,25). The van der Waals surface area contributed by atoms with E-state index in [4.69, 9.17) is 9.47 Å². The van der Waals surface area contributed by atoms with Crippen molar-refractivity contribution in [2.24, 2.45) is 0 Å². The van der Waals surface area contributed by atoms with Crippen molar-refractivity contribution in [3.8, 4) is 11.1 Å². The number of nitrogens with one attached hydrogen (secondary N) is 1. The van der Waals surface area contributed by atoms with Crippen molar-refractivity contribution >= 4 is 22.0 Å². The highest BCUT2D eigenvalue weighted by atomic mass is 79.9. The molecule has 2 aromatic rings. The van der Waals surface area contributed by atoms with Gasteiger partial charge in [0.15, 0.2) is 5.60 Å². The summed E-state index contributed by atoms with van der Waals surface area (Å²) in [6, 6.07) is 16.5. The maximum absolute atomic E-state index is 12.6. The molecule has 27 heavy (non-hydrogen) atoms. The summed E-state index contributed by atoms with van der Waals surface area (Å²) < 4.78 is 11.2. The van der Waals surface area contributed by atoms with E-state index < -0.39 is 5.60 Å². The van der Waals surface area contributed by atoms with Gasteiger partial charge in [-0.2, -0.15) is 0 Å². The third kappa shape index (κ3) is 4.19. The fourth-order valence-electron chi connectivity index (χ4n) is 3.79. The fourth-order valence-corrected chi connectivity index (χ4v) is 4.18. The lowest BCUT2D eigenvalue weighted by atomic mass is 9.86. The number of alkyl halides is 1. The number of hydrogen-bond acceptors (Lipinski definition) is 3. The Hall–Kier alpha value is -1.85. The monoisotopic (exact) mass is 431 g/mol. The first kappa shape index (κ1) is 19.9. The van der Waals surface area contributed by atoms with Crippen LogP contribution in [0.3, 0.4) is 0 Å². The molecule has 1 amide bonds. The summed E-state index contributed by atoms with van der Waals surface area (Å²) in [6.45, 7) is 1.15. The first-order chi connectivity index (χ1) is 13.2. The number of carbonyl (C=O) groups excluding carboxylic acids is 1. The highest BCUT2D eigenvalue weighted by Crippen LogP contribution is 2.52. The normalized spacial score (nSPS) is 13.7. The Kier molecular flexibility index (Phi) is 6.91. The van der Waals surface area contributed by atoms with Crippen LogP contribution in [-0.4, -0.2) is 31.7 Å². The second-order valence-electron chi connectivity index (χ2n) is 6.73. The quantitative estimate of drug-likeness (QED) is 0.436. The molecular formula is C22H26BrNO3. The molecule has 5 heteroatoms. The lowest BCUT2D eigenvalue weighted by Gasteiger charge is -2.32. The highest BCUT2D eigenvalue weighted by Gasteiger charge is 2.45. The molecule has 0 aromatic heterocycles. The highest BCUT2D eigenvalue weighted by molar-refractivity contribution is 9.09. The largest absolute Gasteiger partial charge is 0.433 e. The van der Waals surface area contributed by atoms with Gasteiger partial charge in [-0.05, 0) is 36.8 Å². The van der Waals surface area contributed by atoms with E-state index >= 15 is 0 Å². The van der Waals surface area contributed by atoms with Crippen LogP contribution >= 0.6 is 15.9 Å². The number of hydrogen-bond donors (Lipinski definition) is 1. The Labute approximate surface area is 169 Å². The number of unbranched alkanes of at least 4 members (excludes halogenated alkanes) is 1. The average Bonchev–Trinajstić information content (AvgIpc) is 2.96. The van der Waals surface area contributed by atoms with E-state index in [0.717, 1.165) is 53.3 Å². The van der Waals surface area contributed by atoms with Gasteiger partial charge in [0.1, 0.15) is 0 Å². The van der Waals surface area contributed by atoms with Crippen LogP contribution < -0.4 is 5.32 Å². The van der Waals surface area contributed by atoms with Crippen LogP contribution in [0.25, 0.3) is 11.1 Å². The second kappa shape index (κ2) is 9.38. The summed E-state index contributed by atoms with van der Waals surface area (Å²) >= 11 is 3.51. The van der Waals surface area contributed by atoms with Crippen molar-refractivity contribution in [2.45, 2.75) is 31.3 Å². The van der Waals surface area contributed by atoms with Crippen LogP contribution in [0.5, 0.6) is 0 Å². The number of carbonyl (C=O) groups is 1. The summed E-state index contributed by atoms with van der Waals surface area (Å²) in [4.78, 5) is 12.6. The van der Waals surface area contributed by atoms with Gasteiger partial charge in [-0.25, -0.2) is 4.79 Å². The van der Waals surface area contributed by atoms with Crippen LogP contribution in [0.15, 0.2) is 48.5 Å². The van der Waals surface area contributed by atoms with Gasteiger partial charge in [-0.3, -0.25) is 0 Å².